The predicted molar refractivity (Wildman–Crippen MR) is 50.3 cm³/mol. The van der Waals surface area contributed by atoms with Gasteiger partial charge >= 0.3 is 0 Å². The summed E-state index contributed by atoms with van der Waals surface area (Å²) in [5.74, 6) is -0.550. The second-order valence-electron chi connectivity index (χ2n) is 3.04. The first kappa shape index (κ1) is 8.74. The smallest absolute Gasteiger partial charge is 0.127 e. The van der Waals surface area contributed by atoms with Crippen LogP contribution in [0, 0.1) is 5.82 Å². The topological polar surface area (TPSA) is 38.0 Å². The minimum atomic E-state index is -0.456. The number of hydrogen-bond donors (Lipinski definition) is 1. The van der Waals surface area contributed by atoms with Crippen molar-refractivity contribution in [1.82, 2.24) is 9.78 Å². The van der Waals surface area contributed by atoms with E-state index >= 15 is 0 Å². The van der Waals surface area contributed by atoms with Gasteiger partial charge in [-0.15, -0.1) is 0 Å². The van der Waals surface area contributed by atoms with Gasteiger partial charge in [-0.1, -0.05) is 0 Å². The molecule has 3 nitrogen and oxygen atoms in total. The molecule has 14 heavy (non-hydrogen) atoms. The lowest BCUT2D eigenvalue weighted by atomic mass is 10.1. The maximum atomic E-state index is 12.7. The molecule has 0 saturated heterocycles. The molecule has 0 saturated carbocycles. The van der Waals surface area contributed by atoms with Gasteiger partial charge in [0, 0.05) is 24.9 Å². The second-order valence-corrected chi connectivity index (χ2v) is 3.04. The van der Waals surface area contributed by atoms with Crippen LogP contribution in [-0.2, 0) is 7.05 Å². The monoisotopic (exact) mass is 192 g/mol. The summed E-state index contributed by atoms with van der Waals surface area (Å²) in [4.78, 5) is 0. The highest BCUT2D eigenvalue weighted by atomic mass is 19.1. The summed E-state index contributed by atoms with van der Waals surface area (Å²) in [6.07, 6.45) is 1.76. The Morgan fingerprint density at radius 3 is 2.71 bits per heavy atom. The fourth-order valence-electron chi connectivity index (χ4n) is 1.28. The molecule has 1 N–H and O–H groups in total. The van der Waals surface area contributed by atoms with Crippen LogP contribution >= 0.6 is 0 Å². The van der Waals surface area contributed by atoms with E-state index in [9.17, 15) is 9.50 Å². The molecule has 0 amide bonds. The SMILES string of the molecule is Cn1ccc(-c2ccc(F)cc2O)n1. The van der Waals surface area contributed by atoms with Crippen molar-refractivity contribution in [2.75, 3.05) is 0 Å². The van der Waals surface area contributed by atoms with Crippen LogP contribution in [0.4, 0.5) is 4.39 Å². The fraction of sp³-hybridized carbons (Fsp3) is 0.100. The molecule has 0 radical (unpaired) electrons. The molecular formula is C10H9FN2O. The summed E-state index contributed by atoms with van der Waals surface area (Å²) in [6.45, 7) is 0. The van der Waals surface area contributed by atoms with Crippen molar-refractivity contribution in [3.05, 3.63) is 36.3 Å². The number of aryl methyl sites for hydroxylation is 1. The number of nitrogens with zero attached hydrogens (tertiary/aromatic N) is 2. The Labute approximate surface area is 80.4 Å². The lowest BCUT2D eigenvalue weighted by Crippen LogP contribution is -1.88. The third kappa shape index (κ3) is 1.46. The molecule has 0 aliphatic carbocycles. The lowest BCUT2D eigenvalue weighted by Gasteiger charge is -2.00. The molecule has 72 valence electrons. The molecule has 2 aromatic rings. The highest BCUT2D eigenvalue weighted by molar-refractivity contribution is 5.66. The van der Waals surface area contributed by atoms with Crippen LogP contribution in [0.15, 0.2) is 30.5 Å². The Balaban J connectivity index is 2.52. The molecule has 0 atom stereocenters. The molecule has 1 aromatic heterocycles. The molecule has 0 aliphatic heterocycles. The Bertz CT molecular complexity index is 465. The molecule has 0 bridgehead atoms. The molecule has 2 rings (SSSR count). The van der Waals surface area contributed by atoms with Gasteiger partial charge < -0.3 is 5.11 Å². The molecule has 4 heteroatoms. The molecule has 0 fully saturated rings. The van der Waals surface area contributed by atoms with Crippen molar-refractivity contribution in [2.24, 2.45) is 7.05 Å². The molecule has 0 spiro atoms. The predicted octanol–water partition coefficient (Wildman–Crippen LogP) is 1.93. The largest absolute Gasteiger partial charge is 0.507 e. The van der Waals surface area contributed by atoms with Gasteiger partial charge in [-0.25, -0.2) is 4.39 Å². The molecule has 1 aromatic carbocycles. The van der Waals surface area contributed by atoms with E-state index in [1.165, 1.54) is 12.1 Å². The van der Waals surface area contributed by atoms with E-state index in [0.717, 1.165) is 6.07 Å². The van der Waals surface area contributed by atoms with Crippen molar-refractivity contribution in [3.63, 3.8) is 0 Å². The standard InChI is InChI=1S/C10H9FN2O/c1-13-5-4-9(12-13)8-3-2-7(11)6-10(8)14/h2-6,14H,1H3. The number of rotatable bonds is 1. The van der Waals surface area contributed by atoms with Crippen molar-refractivity contribution in [2.45, 2.75) is 0 Å². The Kier molecular flexibility index (Phi) is 1.96. The van der Waals surface area contributed by atoms with E-state index in [1.807, 2.05) is 0 Å². The number of benzene rings is 1. The average Bonchev–Trinajstić information content (AvgIpc) is 2.51. The van der Waals surface area contributed by atoms with E-state index in [1.54, 1.807) is 24.0 Å². The van der Waals surface area contributed by atoms with Gasteiger partial charge in [-0.2, -0.15) is 5.10 Å². The summed E-state index contributed by atoms with van der Waals surface area (Å²) in [7, 11) is 1.78. The number of phenols is 1. The van der Waals surface area contributed by atoms with Gasteiger partial charge in [-0.3, -0.25) is 4.68 Å². The maximum absolute atomic E-state index is 12.7. The Hall–Kier alpha value is -1.84. The zero-order chi connectivity index (χ0) is 10.1. The van der Waals surface area contributed by atoms with Crippen LogP contribution < -0.4 is 0 Å². The molecule has 0 aliphatic rings. The van der Waals surface area contributed by atoms with E-state index in [-0.39, 0.29) is 5.75 Å². The Morgan fingerprint density at radius 1 is 1.36 bits per heavy atom. The van der Waals surface area contributed by atoms with Crippen molar-refractivity contribution >= 4 is 0 Å². The van der Waals surface area contributed by atoms with Gasteiger partial charge in [0.15, 0.2) is 0 Å². The van der Waals surface area contributed by atoms with E-state index in [4.69, 9.17) is 0 Å². The van der Waals surface area contributed by atoms with Gasteiger partial charge in [0.05, 0.1) is 5.69 Å². The number of hydrogen-bond acceptors (Lipinski definition) is 2. The summed E-state index contributed by atoms with van der Waals surface area (Å²) >= 11 is 0. The first-order valence-electron chi connectivity index (χ1n) is 4.15. The molecular weight excluding hydrogens is 183 g/mol. The highest BCUT2D eigenvalue weighted by Gasteiger charge is 2.07. The van der Waals surface area contributed by atoms with Crippen LogP contribution in [0.1, 0.15) is 0 Å². The van der Waals surface area contributed by atoms with Crippen molar-refractivity contribution in [1.29, 1.82) is 0 Å². The zero-order valence-corrected chi connectivity index (χ0v) is 7.61. The third-order valence-electron chi connectivity index (χ3n) is 1.95. The third-order valence-corrected chi connectivity index (χ3v) is 1.95. The number of aromatic hydroxyl groups is 1. The summed E-state index contributed by atoms with van der Waals surface area (Å²) in [6, 6.07) is 5.63. The van der Waals surface area contributed by atoms with Crippen molar-refractivity contribution in [3.8, 4) is 17.0 Å². The minimum Gasteiger partial charge on any atom is -0.507 e. The van der Waals surface area contributed by atoms with Gasteiger partial charge in [0.25, 0.3) is 0 Å². The first-order valence-corrected chi connectivity index (χ1v) is 4.15. The molecule has 1 heterocycles. The zero-order valence-electron chi connectivity index (χ0n) is 7.61. The van der Waals surface area contributed by atoms with Crippen LogP contribution in [0.2, 0.25) is 0 Å². The quantitative estimate of drug-likeness (QED) is 0.749. The van der Waals surface area contributed by atoms with Crippen molar-refractivity contribution < 1.29 is 9.50 Å². The summed E-state index contributed by atoms with van der Waals surface area (Å²) in [5, 5.41) is 13.6. The van der Waals surface area contributed by atoms with Gasteiger partial charge in [0.2, 0.25) is 0 Å². The summed E-state index contributed by atoms with van der Waals surface area (Å²) in [5.41, 5.74) is 1.16. The fourth-order valence-corrected chi connectivity index (χ4v) is 1.28. The normalized spacial score (nSPS) is 10.4. The van der Waals surface area contributed by atoms with Crippen LogP contribution in [-0.4, -0.2) is 14.9 Å². The number of halogens is 1. The number of phenolic OH excluding ortho intramolecular Hbond substituents is 1. The van der Waals surface area contributed by atoms with Gasteiger partial charge in [-0.05, 0) is 18.2 Å². The van der Waals surface area contributed by atoms with Crippen LogP contribution in [0.3, 0.4) is 0 Å². The summed E-state index contributed by atoms with van der Waals surface area (Å²) < 4.78 is 14.3. The minimum absolute atomic E-state index is 0.0938. The van der Waals surface area contributed by atoms with Crippen LogP contribution in [0.5, 0.6) is 5.75 Å². The van der Waals surface area contributed by atoms with E-state index in [2.05, 4.69) is 5.10 Å². The first-order chi connectivity index (χ1) is 6.66. The average molecular weight is 192 g/mol. The van der Waals surface area contributed by atoms with E-state index in [0.29, 0.717) is 11.3 Å². The lowest BCUT2D eigenvalue weighted by molar-refractivity contribution is 0.471. The second kappa shape index (κ2) is 3.14. The van der Waals surface area contributed by atoms with Crippen LogP contribution in [0.25, 0.3) is 11.3 Å². The molecule has 0 unspecified atom stereocenters. The highest BCUT2D eigenvalue weighted by Crippen LogP contribution is 2.27. The number of aromatic nitrogens is 2. The Morgan fingerprint density at radius 2 is 2.14 bits per heavy atom. The van der Waals surface area contributed by atoms with E-state index < -0.39 is 5.82 Å². The van der Waals surface area contributed by atoms with Gasteiger partial charge in [0.1, 0.15) is 11.6 Å². The maximum Gasteiger partial charge on any atom is 0.127 e.